The van der Waals surface area contributed by atoms with Crippen molar-refractivity contribution in [2.75, 3.05) is 0 Å². The van der Waals surface area contributed by atoms with E-state index in [0.717, 1.165) is 10.0 Å². The highest BCUT2D eigenvalue weighted by Crippen LogP contribution is 2.25. The summed E-state index contributed by atoms with van der Waals surface area (Å²) in [6.07, 6.45) is 5.08. The van der Waals surface area contributed by atoms with Gasteiger partial charge in [-0.15, -0.1) is 0 Å². The number of imidazole rings is 1. The molecule has 102 valence electrons. The Hall–Kier alpha value is -1.62. The Bertz CT molecular complexity index is 463. The van der Waals surface area contributed by atoms with Crippen molar-refractivity contribution in [1.82, 2.24) is 9.97 Å². The molecule has 1 heterocycles. The Kier molecular flexibility index (Phi) is 6.29. The topological polar surface area (TPSA) is 66.0 Å². The normalized spacial score (nSPS) is 11.6. The van der Waals surface area contributed by atoms with Gasteiger partial charge in [-0.2, -0.15) is 0 Å². The maximum atomic E-state index is 11.0. The van der Waals surface area contributed by atoms with Gasteiger partial charge in [0.2, 0.25) is 0 Å². The number of nitrogens with one attached hydrogen (secondary N) is 1. The lowest BCUT2D eigenvalue weighted by Gasteiger charge is -2.16. The summed E-state index contributed by atoms with van der Waals surface area (Å²) in [4.78, 5) is 17.4. The molecule has 1 unspecified atom stereocenters. The van der Waals surface area contributed by atoms with E-state index in [2.05, 4.69) is 25.9 Å². The van der Waals surface area contributed by atoms with Crippen LogP contribution in [0.25, 0.3) is 0 Å². The van der Waals surface area contributed by atoms with Crippen LogP contribution in [0.1, 0.15) is 25.3 Å². The lowest BCUT2D eigenvalue weighted by atomic mass is 9.89. The highest BCUT2D eigenvalue weighted by atomic mass is 79.9. The first-order valence-corrected chi connectivity index (χ1v) is 6.72. The molecule has 0 radical (unpaired) electrons. The average Bonchev–Trinajstić information content (AvgIpc) is 2.89. The lowest BCUT2D eigenvalue weighted by Crippen LogP contribution is -2.17. The number of carbonyl (C=O) groups is 1. The summed E-state index contributed by atoms with van der Waals surface area (Å²) in [5.41, 5.74) is 0.857. The summed E-state index contributed by atoms with van der Waals surface area (Å²) < 4.78 is 0.967. The molecule has 0 saturated carbocycles. The first-order valence-electron chi connectivity index (χ1n) is 5.93. The second-order valence-electron chi connectivity index (χ2n) is 4.37. The molecule has 1 aromatic heterocycles. The number of carboxylic acids is 1. The number of halogens is 1. The van der Waals surface area contributed by atoms with Crippen LogP contribution < -0.4 is 0 Å². The van der Waals surface area contributed by atoms with Gasteiger partial charge in [-0.1, -0.05) is 41.9 Å². The number of aromatic nitrogens is 2. The summed E-state index contributed by atoms with van der Waals surface area (Å²) in [5, 5.41) is 9.05. The fourth-order valence-electron chi connectivity index (χ4n) is 1.70. The standard InChI is InChI=1S/C11H13BrO2.C3H4N2/c1-7(2)10(11(13)14)8-3-5-9(12)6-4-8;1-2-5-3-4-1/h3-7,10H,1-2H3,(H,13,14);1-3H,(H,4,5). The van der Waals surface area contributed by atoms with E-state index in [-0.39, 0.29) is 5.92 Å². The Labute approximate surface area is 121 Å². The van der Waals surface area contributed by atoms with Gasteiger partial charge < -0.3 is 10.1 Å². The van der Waals surface area contributed by atoms with Gasteiger partial charge in [0.1, 0.15) is 0 Å². The number of hydrogen-bond donors (Lipinski definition) is 2. The zero-order valence-corrected chi connectivity index (χ0v) is 12.5. The molecule has 19 heavy (non-hydrogen) atoms. The third kappa shape index (κ3) is 5.26. The van der Waals surface area contributed by atoms with Gasteiger partial charge in [-0.3, -0.25) is 4.79 Å². The highest BCUT2D eigenvalue weighted by molar-refractivity contribution is 9.10. The van der Waals surface area contributed by atoms with Crippen molar-refractivity contribution in [3.63, 3.8) is 0 Å². The van der Waals surface area contributed by atoms with Gasteiger partial charge in [0, 0.05) is 16.9 Å². The van der Waals surface area contributed by atoms with E-state index in [9.17, 15) is 4.79 Å². The van der Waals surface area contributed by atoms with E-state index in [1.807, 2.05) is 38.1 Å². The van der Waals surface area contributed by atoms with Gasteiger partial charge in [-0.25, -0.2) is 4.98 Å². The van der Waals surface area contributed by atoms with E-state index in [1.165, 1.54) is 0 Å². The minimum absolute atomic E-state index is 0.105. The smallest absolute Gasteiger partial charge is 0.311 e. The molecule has 2 rings (SSSR count). The Morgan fingerprint density at radius 1 is 1.32 bits per heavy atom. The van der Waals surface area contributed by atoms with Crippen molar-refractivity contribution in [3.05, 3.63) is 53.0 Å². The number of nitrogens with zero attached hydrogens (tertiary/aromatic N) is 1. The summed E-state index contributed by atoms with van der Waals surface area (Å²) >= 11 is 3.32. The molecule has 0 spiro atoms. The Morgan fingerprint density at radius 3 is 2.26 bits per heavy atom. The molecule has 2 N–H and O–H groups in total. The lowest BCUT2D eigenvalue weighted by molar-refractivity contribution is -0.139. The minimum atomic E-state index is -0.762. The van der Waals surface area contributed by atoms with Gasteiger partial charge in [-0.05, 0) is 23.6 Å². The molecule has 0 fully saturated rings. The number of rotatable bonds is 3. The number of hydrogen-bond acceptors (Lipinski definition) is 2. The predicted molar refractivity (Wildman–Crippen MR) is 77.9 cm³/mol. The van der Waals surface area contributed by atoms with Crippen molar-refractivity contribution < 1.29 is 9.90 Å². The van der Waals surface area contributed by atoms with Crippen LogP contribution in [0.2, 0.25) is 0 Å². The molecule has 0 aliphatic rings. The second-order valence-corrected chi connectivity index (χ2v) is 5.29. The molecule has 0 aliphatic carbocycles. The molecular formula is C14H17BrN2O2. The van der Waals surface area contributed by atoms with Gasteiger partial charge in [0.15, 0.2) is 0 Å². The molecule has 0 saturated heterocycles. The summed E-state index contributed by atoms with van der Waals surface area (Å²) in [6, 6.07) is 7.44. The molecule has 1 aromatic carbocycles. The van der Waals surface area contributed by atoms with Crippen molar-refractivity contribution in [1.29, 1.82) is 0 Å². The van der Waals surface area contributed by atoms with E-state index in [1.54, 1.807) is 18.7 Å². The zero-order chi connectivity index (χ0) is 14.3. The van der Waals surface area contributed by atoms with Crippen LogP contribution in [0.15, 0.2) is 47.5 Å². The molecule has 1 atom stereocenters. The van der Waals surface area contributed by atoms with Crippen molar-refractivity contribution in [3.8, 4) is 0 Å². The van der Waals surface area contributed by atoms with Crippen LogP contribution in [-0.2, 0) is 4.79 Å². The number of benzene rings is 1. The summed E-state index contributed by atoms with van der Waals surface area (Å²) in [7, 11) is 0. The fourth-order valence-corrected chi connectivity index (χ4v) is 1.96. The summed E-state index contributed by atoms with van der Waals surface area (Å²) in [6.45, 7) is 3.83. The molecular weight excluding hydrogens is 308 g/mol. The average molecular weight is 325 g/mol. The van der Waals surface area contributed by atoms with E-state index >= 15 is 0 Å². The minimum Gasteiger partial charge on any atom is -0.481 e. The van der Waals surface area contributed by atoms with Crippen LogP contribution in [0, 0.1) is 5.92 Å². The molecule has 0 aliphatic heterocycles. The number of H-pyrrole nitrogens is 1. The molecule has 4 nitrogen and oxygen atoms in total. The van der Waals surface area contributed by atoms with E-state index in [4.69, 9.17) is 5.11 Å². The highest BCUT2D eigenvalue weighted by Gasteiger charge is 2.22. The van der Waals surface area contributed by atoms with Crippen LogP contribution in [0.4, 0.5) is 0 Å². The maximum Gasteiger partial charge on any atom is 0.311 e. The van der Waals surface area contributed by atoms with Gasteiger partial charge in [0.25, 0.3) is 0 Å². The van der Waals surface area contributed by atoms with E-state index < -0.39 is 11.9 Å². The third-order valence-corrected chi connectivity index (χ3v) is 3.10. The first kappa shape index (κ1) is 15.4. The molecule has 0 amide bonds. The van der Waals surface area contributed by atoms with Crippen molar-refractivity contribution >= 4 is 21.9 Å². The fraction of sp³-hybridized carbons (Fsp3) is 0.286. The largest absolute Gasteiger partial charge is 0.481 e. The summed E-state index contributed by atoms with van der Waals surface area (Å²) in [5.74, 6) is -1.07. The van der Waals surface area contributed by atoms with Gasteiger partial charge >= 0.3 is 5.97 Å². The zero-order valence-electron chi connectivity index (χ0n) is 10.9. The molecule has 2 aromatic rings. The van der Waals surface area contributed by atoms with Crippen LogP contribution in [0.5, 0.6) is 0 Å². The van der Waals surface area contributed by atoms with Crippen molar-refractivity contribution in [2.24, 2.45) is 5.92 Å². The van der Waals surface area contributed by atoms with Crippen LogP contribution in [-0.4, -0.2) is 21.0 Å². The van der Waals surface area contributed by atoms with Crippen LogP contribution >= 0.6 is 15.9 Å². The Morgan fingerprint density at radius 2 is 1.95 bits per heavy atom. The number of aliphatic carboxylic acids is 1. The van der Waals surface area contributed by atoms with Gasteiger partial charge in [0.05, 0.1) is 12.2 Å². The number of carboxylic acid groups (broad SMARTS) is 1. The Balaban J connectivity index is 0.000000300. The first-order chi connectivity index (χ1) is 9.02. The van der Waals surface area contributed by atoms with Crippen molar-refractivity contribution in [2.45, 2.75) is 19.8 Å². The third-order valence-electron chi connectivity index (χ3n) is 2.57. The molecule has 5 heteroatoms. The SMILES string of the molecule is CC(C)C(C(=O)O)c1ccc(Br)cc1.c1c[nH]cn1. The quantitative estimate of drug-likeness (QED) is 0.904. The molecule has 0 bridgehead atoms. The maximum absolute atomic E-state index is 11.0. The van der Waals surface area contributed by atoms with E-state index in [0.29, 0.717) is 0 Å². The number of aromatic amines is 1. The monoisotopic (exact) mass is 324 g/mol. The predicted octanol–water partition coefficient (Wildman–Crippen LogP) is 3.68. The second kappa shape index (κ2) is 7.74. The van der Waals surface area contributed by atoms with Crippen LogP contribution in [0.3, 0.4) is 0 Å².